The molecule has 1 fully saturated rings. The molecule has 0 bridgehead atoms. The molecule has 0 saturated carbocycles. The van der Waals surface area contributed by atoms with Gasteiger partial charge in [0.05, 0.1) is 30.2 Å². The molecule has 0 radical (unpaired) electrons. The maximum Gasteiger partial charge on any atom is 0.342 e. The van der Waals surface area contributed by atoms with Gasteiger partial charge in [0.1, 0.15) is 17.8 Å². The molecule has 8 nitrogen and oxygen atoms in total. The summed E-state index contributed by atoms with van der Waals surface area (Å²) in [6.07, 6.45) is 1.53. The predicted octanol–water partition coefficient (Wildman–Crippen LogP) is 3.14. The number of hydrogen-bond donors (Lipinski definition) is 1. The Morgan fingerprint density at radius 1 is 1.23 bits per heavy atom. The second-order valence-corrected chi connectivity index (χ2v) is 7.50. The molecule has 3 aromatic rings. The van der Waals surface area contributed by atoms with Crippen LogP contribution in [0, 0.1) is 5.82 Å². The number of nitrogens with one attached hydrogen (secondary N) is 1. The van der Waals surface area contributed by atoms with E-state index in [4.69, 9.17) is 9.26 Å². The number of rotatable bonds is 5. The number of aromatic nitrogens is 3. The van der Waals surface area contributed by atoms with Gasteiger partial charge in [0.2, 0.25) is 0 Å². The zero-order valence-electron chi connectivity index (χ0n) is 17.0. The van der Waals surface area contributed by atoms with E-state index in [0.717, 1.165) is 18.8 Å². The van der Waals surface area contributed by atoms with Crippen molar-refractivity contribution in [3.05, 3.63) is 48.1 Å². The lowest BCUT2D eigenvalue weighted by Crippen LogP contribution is -2.36. The molecule has 0 unspecified atom stereocenters. The molecule has 0 atom stereocenters. The average molecular weight is 413 g/mol. The maximum absolute atomic E-state index is 13.3. The van der Waals surface area contributed by atoms with Crippen LogP contribution in [0.25, 0.3) is 22.5 Å². The number of halogens is 1. The van der Waals surface area contributed by atoms with Crippen LogP contribution >= 0.6 is 0 Å². The Balaban J connectivity index is 1.72. The fourth-order valence-electron chi connectivity index (χ4n) is 3.35. The molecule has 1 aliphatic heterocycles. The van der Waals surface area contributed by atoms with E-state index in [1.54, 1.807) is 18.2 Å². The van der Waals surface area contributed by atoms with Gasteiger partial charge < -0.3 is 14.6 Å². The Hall–Kier alpha value is -3.04. The summed E-state index contributed by atoms with van der Waals surface area (Å²) in [6.45, 7) is 7.31. The SMILES string of the molecule is CC(C)NC(=O)n1nc(-c2ccc(F)cc2)cc1-c1conc1CN1CCOCC1. The summed E-state index contributed by atoms with van der Waals surface area (Å²) >= 11 is 0. The molecular formula is C21H24FN5O3. The summed E-state index contributed by atoms with van der Waals surface area (Å²) in [6, 6.07) is 7.38. The zero-order chi connectivity index (χ0) is 21.1. The first-order chi connectivity index (χ1) is 14.5. The standard InChI is InChI=1S/C21H24FN5O3/c1-14(2)23-21(28)27-20(11-18(24-27)15-3-5-16(22)6-4-15)17-13-30-25-19(17)12-26-7-9-29-10-8-26/h3-6,11,13-14H,7-10,12H2,1-2H3,(H,23,28). The van der Waals surface area contributed by atoms with Crippen LogP contribution in [0.1, 0.15) is 19.5 Å². The number of carbonyl (C=O) groups excluding carboxylic acids is 1. The summed E-state index contributed by atoms with van der Waals surface area (Å²) in [5.74, 6) is -0.331. The molecular weight excluding hydrogens is 389 g/mol. The van der Waals surface area contributed by atoms with Crippen molar-refractivity contribution in [2.75, 3.05) is 26.3 Å². The van der Waals surface area contributed by atoms with Crippen LogP contribution in [-0.2, 0) is 11.3 Å². The maximum atomic E-state index is 13.3. The molecule has 1 N–H and O–H groups in total. The Bertz CT molecular complexity index is 1010. The van der Waals surface area contributed by atoms with Crippen molar-refractivity contribution in [1.29, 1.82) is 0 Å². The highest BCUT2D eigenvalue weighted by Crippen LogP contribution is 2.29. The Morgan fingerprint density at radius 3 is 2.67 bits per heavy atom. The molecule has 158 valence electrons. The lowest BCUT2D eigenvalue weighted by Gasteiger charge is -2.25. The normalized spacial score (nSPS) is 14.9. The Labute approximate surface area is 173 Å². The fourth-order valence-corrected chi connectivity index (χ4v) is 3.35. The van der Waals surface area contributed by atoms with Crippen LogP contribution in [-0.4, -0.2) is 58.2 Å². The Morgan fingerprint density at radius 2 is 1.97 bits per heavy atom. The number of ether oxygens (including phenoxy) is 1. The minimum atomic E-state index is -0.355. The number of carbonyl (C=O) groups is 1. The van der Waals surface area contributed by atoms with Crippen LogP contribution in [0.5, 0.6) is 0 Å². The third-order valence-corrected chi connectivity index (χ3v) is 4.85. The van der Waals surface area contributed by atoms with E-state index >= 15 is 0 Å². The van der Waals surface area contributed by atoms with Gasteiger partial charge in [0, 0.05) is 31.2 Å². The molecule has 1 aliphatic rings. The lowest BCUT2D eigenvalue weighted by molar-refractivity contribution is 0.0333. The van der Waals surface area contributed by atoms with E-state index < -0.39 is 0 Å². The summed E-state index contributed by atoms with van der Waals surface area (Å²) in [5.41, 5.74) is 3.25. The third kappa shape index (κ3) is 4.42. The van der Waals surface area contributed by atoms with Crippen molar-refractivity contribution in [2.24, 2.45) is 0 Å². The highest BCUT2D eigenvalue weighted by atomic mass is 19.1. The molecule has 2 aromatic heterocycles. The number of morpholine rings is 1. The zero-order valence-corrected chi connectivity index (χ0v) is 17.0. The van der Waals surface area contributed by atoms with Gasteiger partial charge in [0.25, 0.3) is 0 Å². The third-order valence-electron chi connectivity index (χ3n) is 4.85. The topological polar surface area (TPSA) is 85.4 Å². The monoisotopic (exact) mass is 413 g/mol. The van der Waals surface area contributed by atoms with Crippen molar-refractivity contribution < 1.29 is 18.4 Å². The van der Waals surface area contributed by atoms with Crippen LogP contribution in [0.4, 0.5) is 9.18 Å². The van der Waals surface area contributed by atoms with Crippen LogP contribution in [0.15, 0.2) is 41.1 Å². The highest BCUT2D eigenvalue weighted by molar-refractivity contribution is 5.84. The highest BCUT2D eigenvalue weighted by Gasteiger charge is 2.23. The van der Waals surface area contributed by atoms with Gasteiger partial charge in [-0.05, 0) is 44.2 Å². The second kappa shape index (κ2) is 8.76. The second-order valence-electron chi connectivity index (χ2n) is 7.50. The van der Waals surface area contributed by atoms with E-state index in [1.807, 2.05) is 13.8 Å². The first kappa shape index (κ1) is 20.2. The van der Waals surface area contributed by atoms with Crippen molar-refractivity contribution in [3.63, 3.8) is 0 Å². The van der Waals surface area contributed by atoms with E-state index in [1.165, 1.54) is 23.1 Å². The molecule has 30 heavy (non-hydrogen) atoms. The van der Waals surface area contributed by atoms with Crippen LogP contribution < -0.4 is 5.32 Å². The van der Waals surface area contributed by atoms with Crippen molar-refractivity contribution in [2.45, 2.75) is 26.4 Å². The van der Waals surface area contributed by atoms with E-state index in [9.17, 15) is 9.18 Å². The average Bonchev–Trinajstić information content (AvgIpc) is 3.36. The molecule has 1 aromatic carbocycles. The lowest BCUT2D eigenvalue weighted by atomic mass is 10.1. The van der Waals surface area contributed by atoms with Crippen molar-refractivity contribution in [1.82, 2.24) is 25.2 Å². The minimum absolute atomic E-state index is 0.0564. The minimum Gasteiger partial charge on any atom is -0.379 e. The van der Waals surface area contributed by atoms with E-state index in [-0.39, 0.29) is 17.9 Å². The van der Waals surface area contributed by atoms with Gasteiger partial charge in [-0.15, -0.1) is 0 Å². The number of benzene rings is 1. The van der Waals surface area contributed by atoms with Crippen molar-refractivity contribution in [3.8, 4) is 22.5 Å². The summed E-state index contributed by atoms with van der Waals surface area (Å²) in [4.78, 5) is 15.0. The molecule has 9 heteroatoms. The quantitative estimate of drug-likeness (QED) is 0.692. The van der Waals surface area contributed by atoms with Crippen LogP contribution in [0.2, 0.25) is 0 Å². The van der Waals surface area contributed by atoms with E-state index in [0.29, 0.717) is 42.3 Å². The number of hydrogen-bond acceptors (Lipinski definition) is 6. The van der Waals surface area contributed by atoms with Crippen LogP contribution in [0.3, 0.4) is 0 Å². The van der Waals surface area contributed by atoms with Gasteiger partial charge in [-0.3, -0.25) is 4.90 Å². The first-order valence-corrected chi connectivity index (χ1v) is 9.92. The molecule has 0 spiro atoms. The fraction of sp³-hybridized carbons (Fsp3) is 0.381. The molecule has 3 heterocycles. The molecule has 1 saturated heterocycles. The summed E-state index contributed by atoms with van der Waals surface area (Å²) < 4.78 is 25.3. The van der Waals surface area contributed by atoms with E-state index in [2.05, 4.69) is 20.5 Å². The Kier molecular flexibility index (Phi) is 5.91. The number of nitrogens with zero attached hydrogens (tertiary/aromatic N) is 4. The summed E-state index contributed by atoms with van der Waals surface area (Å²) in [7, 11) is 0. The summed E-state index contributed by atoms with van der Waals surface area (Å²) in [5, 5.41) is 11.5. The largest absolute Gasteiger partial charge is 0.379 e. The van der Waals surface area contributed by atoms with Gasteiger partial charge in [-0.2, -0.15) is 9.78 Å². The number of amides is 1. The molecule has 1 amide bonds. The molecule has 0 aliphatic carbocycles. The van der Waals surface area contributed by atoms with Crippen molar-refractivity contribution >= 4 is 6.03 Å². The predicted molar refractivity (Wildman–Crippen MR) is 108 cm³/mol. The van der Waals surface area contributed by atoms with Gasteiger partial charge in [-0.25, -0.2) is 9.18 Å². The van der Waals surface area contributed by atoms with Gasteiger partial charge in [0.15, 0.2) is 0 Å². The molecule has 4 rings (SSSR count). The van der Waals surface area contributed by atoms with Gasteiger partial charge in [-0.1, -0.05) is 5.16 Å². The smallest absolute Gasteiger partial charge is 0.342 e. The first-order valence-electron chi connectivity index (χ1n) is 9.92. The van der Waals surface area contributed by atoms with Gasteiger partial charge >= 0.3 is 6.03 Å².